The van der Waals surface area contributed by atoms with Crippen LogP contribution < -0.4 is 9.80 Å². The summed E-state index contributed by atoms with van der Waals surface area (Å²) in [6, 6.07) is 80.8. The van der Waals surface area contributed by atoms with E-state index in [0.29, 0.717) is 0 Å². The van der Waals surface area contributed by atoms with Gasteiger partial charge < -0.3 is 9.80 Å². The predicted molar refractivity (Wildman–Crippen MR) is 260 cm³/mol. The Labute approximate surface area is 362 Å². The van der Waals surface area contributed by atoms with Crippen molar-refractivity contribution < 1.29 is 0 Å². The van der Waals surface area contributed by atoms with Crippen LogP contribution in [0.15, 0.2) is 218 Å². The number of hydrogen-bond donors (Lipinski definition) is 0. The van der Waals surface area contributed by atoms with Crippen LogP contribution in [0.2, 0.25) is 0 Å². The van der Waals surface area contributed by atoms with Crippen molar-refractivity contribution in [3.63, 3.8) is 0 Å². The van der Waals surface area contributed by atoms with Gasteiger partial charge in [-0.25, -0.2) is 0 Å². The van der Waals surface area contributed by atoms with Crippen LogP contribution in [0.1, 0.15) is 22.3 Å². The summed E-state index contributed by atoms with van der Waals surface area (Å²) in [5.41, 5.74) is 15.6. The van der Waals surface area contributed by atoms with Crippen molar-refractivity contribution in [3.8, 4) is 21.6 Å². The second-order valence-electron chi connectivity index (χ2n) is 16.0. The summed E-state index contributed by atoms with van der Waals surface area (Å²) in [7, 11) is 0. The molecule has 61 heavy (non-hydrogen) atoms. The summed E-state index contributed by atoms with van der Waals surface area (Å²) in [5, 5.41) is 3.92. The lowest BCUT2D eigenvalue weighted by atomic mass is 9.70. The first-order valence-electron chi connectivity index (χ1n) is 20.8. The Balaban J connectivity index is 1.11. The number of nitrogens with zero attached hydrogens (tertiary/aromatic N) is 2. The average molecular weight is 813 g/mol. The highest BCUT2D eigenvalue weighted by molar-refractivity contribution is 7.26. The summed E-state index contributed by atoms with van der Waals surface area (Å²) < 4.78 is 3.91. The van der Waals surface area contributed by atoms with E-state index in [4.69, 9.17) is 0 Å². The van der Waals surface area contributed by atoms with Crippen molar-refractivity contribution >= 4 is 87.1 Å². The largest absolute Gasteiger partial charge is 0.310 e. The fourth-order valence-corrected chi connectivity index (χ4v) is 12.9. The van der Waals surface area contributed by atoms with E-state index in [2.05, 4.69) is 228 Å². The van der Waals surface area contributed by atoms with E-state index in [0.717, 1.165) is 28.4 Å². The van der Waals surface area contributed by atoms with E-state index in [9.17, 15) is 0 Å². The van der Waals surface area contributed by atoms with Crippen LogP contribution in [0.5, 0.6) is 0 Å². The predicted octanol–water partition coefficient (Wildman–Crippen LogP) is 16.6. The number of fused-ring (bicyclic) bond motifs is 15. The Hall–Kier alpha value is -7.24. The topological polar surface area (TPSA) is 6.48 Å². The minimum absolute atomic E-state index is 0.562. The fourth-order valence-electron chi connectivity index (χ4n) is 10.4. The third-order valence-electron chi connectivity index (χ3n) is 12.8. The molecule has 0 N–H and O–H groups in total. The highest BCUT2D eigenvalue weighted by Crippen LogP contribution is 2.67. The summed E-state index contributed by atoms with van der Waals surface area (Å²) in [6.45, 7) is 0. The van der Waals surface area contributed by atoms with Crippen LogP contribution >= 0.6 is 22.7 Å². The van der Waals surface area contributed by atoms with E-state index in [-0.39, 0.29) is 0 Å². The van der Waals surface area contributed by atoms with Gasteiger partial charge in [0.2, 0.25) is 0 Å². The SMILES string of the molecule is c1ccc(N(c2ccccc2)c2ccc3c(c2)C2(c4ccccc4-c4ccc(N(c5ccccc5)c5cccc6c5sc5ccccc56)cc42)c2c-3sc3ccccc23)cc1. The molecule has 0 fully saturated rings. The Bertz CT molecular complexity index is 3460. The molecule has 0 saturated carbocycles. The zero-order valence-electron chi connectivity index (χ0n) is 33.0. The highest BCUT2D eigenvalue weighted by atomic mass is 32.1. The lowest BCUT2D eigenvalue weighted by Crippen LogP contribution is -2.26. The van der Waals surface area contributed by atoms with Crippen molar-refractivity contribution in [2.75, 3.05) is 9.80 Å². The molecule has 2 aliphatic rings. The molecule has 1 spiro atoms. The molecule has 0 amide bonds. The molecular formula is C57H36N2S2. The van der Waals surface area contributed by atoms with Gasteiger partial charge in [-0.15, -0.1) is 22.7 Å². The minimum atomic E-state index is -0.562. The van der Waals surface area contributed by atoms with Gasteiger partial charge in [-0.2, -0.15) is 0 Å². The van der Waals surface area contributed by atoms with Crippen LogP contribution in [0.25, 0.3) is 51.8 Å². The van der Waals surface area contributed by atoms with Crippen molar-refractivity contribution in [1.29, 1.82) is 0 Å². The molecule has 2 aliphatic carbocycles. The molecule has 0 bridgehead atoms. The zero-order chi connectivity index (χ0) is 40.1. The van der Waals surface area contributed by atoms with Crippen LogP contribution in [0.3, 0.4) is 0 Å². The molecule has 2 heterocycles. The van der Waals surface area contributed by atoms with Crippen LogP contribution in [0, 0.1) is 0 Å². The molecule has 9 aromatic carbocycles. The average Bonchev–Trinajstić information content (AvgIpc) is 4.05. The lowest BCUT2D eigenvalue weighted by Gasteiger charge is -2.33. The highest BCUT2D eigenvalue weighted by Gasteiger charge is 2.54. The van der Waals surface area contributed by atoms with E-state index in [1.165, 1.54) is 79.8 Å². The minimum Gasteiger partial charge on any atom is -0.310 e. The maximum absolute atomic E-state index is 2.53. The normalized spacial score (nSPS) is 14.6. The molecule has 0 radical (unpaired) electrons. The first kappa shape index (κ1) is 34.6. The quantitative estimate of drug-likeness (QED) is 0.165. The Kier molecular flexibility index (Phi) is 7.59. The van der Waals surface area contributed by atoms with Gasteiger partial charge in [0.05, 0.1) is 15.8 Å². The van der Waals surface area contributed by atoms with Crippen molar-refractivity contribution in [3.05, 3.63) is 241 Å². The van der Waals surface area contributed by atoms with E-state index >= 15 is 0 Å². The number of anilines is 6. The van der Waals surface area contributed by atoms with Crippen molar-refractivity contribution in [1.82, 2.24) is 0 Å². The molecule has 0 aliphatic heterocycles. The van der Waals surface area contributed by atoms with Gasteiger partial charge in [0.25, 0.3) is 0 Å². The number of para-hydroxylation sites is 3. The molecular weight excluding hydrogens is 777 g/mol. The Morgan fingerprint density at radius 1 is 0.328 bits per heavy atom. The second kappa shape index (κ2) is 13.4. The third-order valence-corrected chi connectivity index (χ3v) is 15.2. The van der Waals surface area contributed by atoms with Crippen molar-refractivity contribution in [2.45, 2.75) is 5.41 Å². The second-order valence-corrected chi connectivity index (χ2v) is 18.1. The molecule has 2 aromatic heterocycles. The summed E-state index contributed by atoms with van der Waals surface area (Å²) >= 11 is 3.81. The molecule has 1 unspecified atom stereocenters. The van der Waals surface area contributed by atoms with Gasteiger partial charge >= 0.3 is 0 Å². The first-order chi connectivity index (χ1) is 30.3. The molecule has 13 rings (SSSR count). The van der Waals surface area contributed by atoms with Crippen LogP contribution in [-0.2, 0) is 5.41 Å². The molecule has 0 saturated heterocycles. The summed E-state index contributed by atoms with van der Waals surface area (Å²) in [4.78, 5) is 6.25. The molecule has 11 aromatic rings. The number of benzene rings is 9. The Morgan fingerprint density at radius 2 is 0.836 bits per heavy atom. The maximum Gasteiger partial charge on any atom is 0.0741 e. The van der Waals surface area contributed by atoms with Crippen molar-refractivity contribution in [2.24, 2.45) is 0 Å². The third kappa shape index (κ3) is 4.95. The van der Waals surface area contributed by atoms with Crippen LogP contribution in [0.4, 0.5) is 34.1 Å². The molecule has 4 heteroatoms. The molecule has 286 valence electrons. The maximum atomic E-state index is 2.53. The van der Waals surface area contributed by atoms with Gasteiger partial charge in [-0.1, -0.05) is 140 Å². The lowest BCUT2D eigenvalue weighted by molar-refractivity contribution is 0.802. The summed E-state index contributed by atoms with van der Waals surface area (Å²) in [6.07, 6.45) is 0. The van der Waals surface area contributed by atoms with Gasteiger partial charge in [0.1, 0.15) is 0 Å². The first-order valence-corrected chi connectivity index (χ1v) is 22.5. The standard InChI is InChI=1S/C57H36N2S2/c1-4-17-37(18-5-1)58(38-19-6-2-7-20-38)40-32-34-46-50(35-40)57(54-47-25-12-15-30-53(47)61-56(46)54)48-27-13-10-23-42(48)43-33-31-41(36-49(43)57)59(39-21-8-3-9-22-39)51-28-16-26-45-44-24-11-14-29-52(44)60-55(45)51/h1-36H. The summed E-state index contributed by atoms with van der Waals surface area (Å²) in [5.74, 6) is 0. The molecule has 2 nitrogen and oxygen atoms in total. The number of rotatable bonds is 6. The van der Waals surface area contributed by atoms with Gasteiger partial charge in [0, 0.05) is 53.5 Å². The van der Waals surface area contributed by atoms with Gasteiger partial charge in [-0.3, -0.25) is 0 Å². The van der Waals surface area contributed by atoms with E-state index in [1.54, 1.807) is 0 Å². The van der Waals surface area contributed by atoms with E-state index < -0.39 is 5.41 Å². The fraction of sp³-hybridized carbons (Fsp3) is 0.0175. The van der Waals surface area contributed by atoms with Gasteiger partial charge in [0.15, 0.2) is 0 Å². The van der Waals surface area contributed by atoms with E-state index in [1.807, 2.05) is 22.7 Å². The number of thiophene rings is 2. The monoisotopic (exact) mass is 812 g/mol. The zero-order valence-corrected chi connectivity index (χ0v) is 34.6. The number of hydrogen-bond acceptors (Lipinski definition) is 4. The Morgan fingerprint density at radius 3 is 1.54 bits per heavy atom. The van der Waals surface area contributed by atoms with Crippen LogP contribution in [-0.4, -0.2) is 0 Å². The molecule has 1 atom stereocenters. The smallest absolute Gasteiger partial charge is 0.0741 e. The van der Waals surface area contributed by atoms with Gasteiger partial charge in [-0.05, 0) is 123 Å².